The van der Waals surface area contributed by atoms with E-state index < -0.39 is 0 Å². The average molecular weight is 691 g/mol. The van der Waals surface area contributed by atoms with Crippen LogP contribution in [0.25, 0.3) is 47.5 Å². The summed E-state index contributed by atoms with van der Waals surface area (Å²) in [5.41, 5.74) is 10.4. The molecule has 0 N–H and O–H groups in total. The topological polar surface area (TPSA) is 6.48 Å². The highest BCUT2D eigenvalue weighted by molar-refractivity contribution is 7.26. The van der Waals surface area contributed by atoms with E-state index in [4.69, 9.17) is 0 Å². The molecule has 51 heavy (non-hydrogen) atoms. The maximum absolute atomic E-state index is 4.10. The Morgan fingerprint density at radius 3 is 1.43 bits per heavy atom. The molecule has 244 valence electrons. The molecule has 0 bridgehead atoms. The van der Waals surface area contributed by atoms with Crippen LogP contribution in [-0.4, -0.2) is 0 Å². The summed E-state index contributed by atoms with van der Waals surface area (Å²) in [5.74, 6) is 0. The number of nitrogens with zero attached hydrogens (tertiary/aromatic N) is 2. The fraction of sp³-hybridized carbons (Fsp3) is 0.0213. The van der Waals surface area contributed by atoms with E-state index in [1.165, 1.54) is 63.2 Å². The van der Waals surface area contributed by atoms with Crippen molar-refractivity contribution in [2.45, 2.75) is 6.92 Å². The highest BCUT2D eigenvalue weighted by atomic mass is 32.1. The van der Waals surface area contributed by atoms with Gasteiger partial charge in [0.05, 0.1) is 20.8 Å². The van der Waals surface area contributed by atoms with Gasteiger partial charge in [0.15, 0.2) is 0 Å². The van der Waals surface area contributed by atoms with Gasteiger partial charge in [-0.1, -0.05) is 116 Å². The molecule has 2 nitrogen and oxygen atoms in total. The Morgan fingerprint density at radius 2 is 0.882 bits per heavy atom. The van der Waals surface area contributed by atoms with Gasteiger partial charge in [-0.05, 0) is 90.3 Å². The molecule has 0 fully saturated rings. The Balaban J connectivity index is 1.09. The number of rotatable bonds is 8. The molecule has 7 aromatic carbocycles. The van der Waals surface area contributed by atoms with E-state index in [1.807, 2.05) is 28.7 Å². The molecule has 0 unspecified atom stereocenters. The van der Waals surface area contributed by atoms with Crippen molar-refractivity contribution in [1.29, 1.82) is 0 Å². The number of benzene rings is 7. The summed E-state index contributed by atoms with van der Waals surface area (Å²) in [6.07, 6.45) is 1.98. The minimum atomic E-state index is 1.12. The van der Waals surface area contributed by atoms with Crippen LogP contribution in [-0.2, 0) is 0 Å². The fourth-order valence-corrected chi connectivity index (χ4v) is 9.56. The Bertz CT molecular complexity index is 2650. The Kier molecular flexibility index (Phi) is 7.96. The van der Waals surface area contributed by atoms with E-state index in [-0.39, 0.29) is 0 Å². The minimum absolute atomic E-state index is 1.12. The second kappa shape index (κ2) is 13.1. The highest BCUT2D eigenvalue weighted by Gasteiger charge is 2.20. The lowest BCUT2D eigenvalue weighted by Crippen LogP contribution is -2.10. The average Bonchev–Trinajstić information content (AvgIpc) is 3.74. The van der Waals surface area contributed by atoms with Crippen LogP contribution in [0.15, 0.2) is 176 Å². The Labute approximate surface area is 306 Å². The predicted octanol–water partition coefficient (Wildman–Crippen LogP) is 14.8. The molecule has 0 spiro atoms. The highest BCUT2D eigenvalue weighted by Crippen LogP contribution is 2.46. The lowest BCUT2D eigenvalue weighted by Gasteiger charge is -2.27. The van der Waals surface area contributed by atoms with Gasteiger partial charge < -0.3 is 9.80 Å². The maximum atomic E-state index is 4.10. The van der Waals surface area contributed by atoms with Gasteiger partial charge in [0.2, 0.25) is 0 Å². The largest absolute Gasteiger partial charge is 0.309 e. The number of aryl methyl sites for hydroxylation is 1. The normalized spacial score (nSPS) is 11.3. The number of hydrogen-bond donors (Lipinski definition) is 0. The Hall–Kier alpha value is -5.94. The van der Waals surface area contributed by atoms with E-state index in [9.17, 15) is 0 Å². The van der Waals surface area contributed by atoms with Crippen molar-refractivity contribution in [3.8, 4) is 11.1 Å². The summed E-state index contributed by atoms with van der Waals surface area (Å²) in [5, 5.41) is 3.85. The zero-order valence-electron chi connectivity index (χ0n) is 28.2. The van der Waals surface area contributed by atoms with Gasteiger partial charge in [-0.3, -0.25) is 0 Å². The summed E-state index contributed by atoms with van der Waals surface area (Å²) < 4.78 is 3.86. The molecule has 0 atom stereocenters. The van der Waals surface area contributed by atoms with Crippen molar-refractivity contribution in [1.82, 2.24) is 0 Å². The van der Waals surface area contributed by atoms with E-state index in [0.717, 1.165) is 22.7 Å². The van der Waals surface area contributed by atoms with Gasteiger partial charge in [0, 0.05) is 48.5 Å². The zero-order chi connectivity index (χ0) is 34.3. The second-order valence-corrected chi connectivity index (χ2v) is 14.9. The lowest BCUT2D eigenvalue weighted by molar-refractivity contribution is 1.30. The molecule has 0 aliphatic rings. The first kappa shape index (κ1) is 31.1. The van der Waals surface area contributed by atoms with Crippen LogP contribution in [0.3, 0.4) is 0 Å². The van der Waals surface area contributed by atoms with Crippen LogP contribution in [0, 0.1) is 6.92 Å². The van der Waals surface area contributed by atoms with Crippen molar-refractivity contribution in [2.24, 2.45) is 0 Å². The van der Waals surface area contributed by atoms with Gasteiger partial charge in [-0.2, -0.15) is 0 Å². The maximum Gasteiger partial charge on any atom is 0.0640 e. The quantitative estimate of drug-likeness (QED) is 0.157. The molecule has 2 aromatic heterocycles. The van der Waals surface area contributed by atoms with Gasteiger partial charge in [0.25, 0.3) is 0 Å². The van der Waals surface area contributed by atoms with Crippen LogP contribution >= 0.6 is 22.7 Å². The van der Waals surface area contributed by atoms with Crippen LogP contribution < -0.4 is 9.80 Å². The van der Waals surface area contributed by atoms with E-state index >= 15 is 0 Å². The van der Waals surface area contributed by atoms with E-state index in [2.05, 4.69) is 193 Å². The molecule has 0 aliphatic carbocycles. The number of hydrogen-bond acceptors (Lipinski definition) is 4. The first-order chi connectivity index (χ1) is 25.2. The summed E-state index contributed by atoms with van der Waals surface area (Å²) >= 11 is 3.69. The molecule has 4 heteroatoms. The summed E-state index contributed by atoms with van der Waals surface area (Å²) in [6.45, 7) is 6.28. The summed E-state index contributed by atoms with van der Waals surface area (Å²) in [4.78, 5) is 6.03. The number of fused-ring (bicyclic) bond motifs is 4. The molecule has 0 saturated carbocycles. The Morgan fingerprint density at radius 1 is 0.431 bits per heavy atom. The van der Waals surface area contributed by atoms with Gasteiger partial charge in [-0.15, -0.1) is 22.7 Å². The van der Waals surface area contributed by atoms with Crippen molar-refractivity contribution in [2.75, 3.05) is 9.80 Å². The zero-order valence-corrected chi connectivity index (χ0v) is 29.8. The van der Waals surface area contributed by atoms with Crippen LogP contribution in [0.1, 0.15) is 10.4 Å². The first-order valence-electron chi connectivity index (χ1n) is 17.1. The van der Waals surface area contributed by atoms with Crippen LogP contribution in [0.2, 0.25) is 0 Å². The third-order valence-electron chi connectivity index (χ3n) is 9.60. The molecular formula is C47H34N2S2. The summed E-state index contributed by atoms with van der Waals surface area (Å²) in [6, 6.07) is 61.2. The summed E-state index contributed by atoms with van der Waals surface area (Å²) in [7, 11) is 0. The molecule has 0 radical (unpaired) electrons. The minimum Gasteiger partial charge on any atom is -0.309 e. The van der Waals surface area contributed by atoms with Crippen LogP contribution in [0.5, 0.6) is 0 Å². The van der Waals surface area contributed by atoms with Crippen LogP contribution in [0.4, 0.5) is 34.1 Å². The molecule has 2 heterocycles. The third kappa shape index (κ3) is 5.50. The molecule has 0 aliphatic heterocycles. The molecule has 9 aromatic rings. The van der Waals surface area contributed by atoms with E-state index in [0.29, 0.717) is 0 Å². The first-order valence-corrected chi connectivity index (χ1v) is 18.8. The van der Waals surface area contributed by atoms with Gasteiger partial charge in [0.1, 0.15) is 0 Å². The fourth-order valence-electron chi connectivity index (χ4n) is 7.19. The molecule has 0 saturated heterocycles. The lowest BCUT2D eigenvalue weighted by atomic mass is 10.0. The second-order valence-electron chi connectivity index (χ2n) is 12.6. The number of anilines is 6. The van der Waals surface area contributed by atoms with E-state index in [1.54, 1.807) is 0 Å². The predicted molar refractivity (Wildman–Crippen MR) is 224 cm³/mol. The standard InChI is InChI=1S/C47H34N2S2/c1-3-39-32(2)50-46-41(39)19-12-21-43(46)48(35-14-6-4-7-15-35)37-28-24-33(25-29-37)34-26-30-38(31-27-34)49(36-16-8-5-9-17-36)44-22-13-20-42-40-18-10-11-23-45(40)51-47(42)44/h3-31H,1H2,2H3. The monoisotopic (exact) mass is 690 g/mol. The third-order valence-corrected chi connectivity index (χ3v) is 12.0. The molecule has 9 rings (SSSR count). The number of para-hydroxylation sites is 2. The number of thiophene rings is 2. The smallest absolute Gasteiger partial charge is 0.0640 e. The molecular weight excluding hydrogens is 657 g/mol. The van der Waals surface area contributed by atoms with Crippen molar-refractivity contribution in [3.63, 3.8) is 0 Å². The van der Waals surface area contributed by atoms with Gasteiger partial charge in [-0.25, -0.2) is 0 Å². The van der Waals surface area contributed by atoms with Gasteiger partial charge >= 0.3 is 0 Å². The molecule has 0 amide bonds. The van der Waals surface area contributed by atoms with Crippen molar-refractivity contribution < 1.29 is 0 Å². The van der Waals surface area contributed by atoms with Crippen molar-refractivity contribution >= 4 is 93.1 Å². The SMILES string of the molecule is C=Cc1c(C)sc2c(N(c3ccccc3)c3ccc(-c4ccc(N(c5ccccc5)c5cccc6c5sc5ccccc56)cc4)cc3)cccc12. The van der Waals surface area contributed by atoms with Crippen molar-refractivity contribution in [3.05, 3.63) is 187 Å².